The number of benzene rings is 1. The molecule has 3 rings (SSSR count). The van der Waals surface area contributed by atoms with Gasteiger partial charge in [-0.25, -0.2) is 0 Å². The average molecular weight is 357 g/mol. The fourth-order valence-electron chi connectivity index (χ4n) is 2.94. The summed E-state index contributed by atoms with van der Waals surface area (Å²) in [7, 11) is 1.66. The Bertz CT molecular complexity index is 758. The van der Waals surface area contributed by atoms with Crippen LogP contribution in [-0.4, -0.2) is 45.7 Å². The molecule has 1 aliphatic heterocycles. The van der Waals surface area contributed by atoms with Gasteiger partial charge in [-0.15, -0.1) is 11.3 Å². The molecule has 0 bridgehead atoms. The van der Waals surface area contributed by atoms with Crippen LogP contribution in [0.2, 0.25) is 0 Å². The van der Waals surface area contributed by atoms with Gasteiger partial charge in [-0.1, -0.05) is 0 Å². The number of carbonyl (C=O) groups excluding carboxylic acids is 1. The molecule has 2 N–H and O–H groups in total. The molecule has 1 saturated heterocycles. The Hall–Kier alpha value is -2.56. The van der Waals surface area contributed by atoms with E-state index in [9.17, 15) is 4.79 Å². The van der Waals surface area contributed by atoms with E-state index < -0.39 is 0 Å². The van der Waals surface area contributed by atoms with Crippen molar-refractivity contribution in [2.75, 3.05) is 50.1 Å². The minimum atomic E-state index is -0.0353. The van der Waals surface area contributed by atoms with Crippen LogP contribution in [0.4, 0.5) is 10.7 Å². The van der Waals surface area contributed by atoms with Crippen LogP contribution in [0.5, 0.6) is 5.75 Å². The SMILES string of the molecule is COc1ccc(N2CC[NH+](CC(=O)Nc3sccc3C#N)CC2)cc1. The molecule has 6 nitrogen and oxygen atoms in total. The molecule has 130 valence electrons. The van der Waals surface area contributed by atoms with Gasteiger partial charge in [-0.05, 0) is 35.7 Å². The summed E-state index contributed by atoms with van der Waals surface area (Å²) in [4.78, 5) is 15.8. The number of ether oxygens (including phenoxy) is 1. The molecule has 0 aliphatic carbocycles. The number of nitrogens with zero attached hydrogens (tertiary/aromatic N) is 2. The lowest BCUT2D eigenvalue weighted by Crippen LogP contribution is -3.15. The molecule has 2 heterocycles. The van der Waals surface area contributed by atoms with Crippen molar-refractivity contribution in [2.45, 2.75) is 0 Å². The van der Waals surface area contributed by atoms with E-state index in [0.29, 0.717) is 17.1 Å². The first-order valence-corrected chi connectivity index (χ1v) is 9.07. The van der Waals surface area contributed by atoms with Gasteiger partial charge in [0, 0.05) is 5.69 Å². The number of amides is 1. The lowest BCUT2D eigenvalue weighted by Gasteiger charge is -2.33. The summed E-state index contributed by atoms with van der Waals surface area (Å²) in [5.74, 6) is 0.821. The predicted octanol–water partition coefficient (Wildman–Crippen LogP) is 0.972. The largest absolute Gasteiger partial charge is 0.497 e. The Kier molecular flexibility index (Phi) is 5.53. The number of methoxy groups -OCH3 is 1. The second kappa shape index (κ2) is 8.01. The van der Waals surface area contributed by atoms with Crippen molar-refractivity contribution in [3.8, 4) is 11.8 Å². The second-order valence-corrected chi connectivity index (χ2v) is 6.85. The summed E-state index contributed by atoms with van der Waals surface area (Å²) in [6.07, 6.45) is 0. The normalized spacial score (nSPS) is 14.8. The van der Waals surface area contributed by atoms with Crippen molar-refractivity contribution >= 4 is 27.9 Å². The summed E-state index contributed by atoms with van der Waals surface area (Å²) in [5, 5.41) is 14.3. The minimum absolute atomic E-state index is 0.0353. The lowest BCUT2D eigenvalue weighted by atomic mass is 10.2. The summed E-state index contributed by atoms with van der Waals surface area (Å²) < 4.78 is 5.19. The first-order chi connectivity index (χ1) is 12.2. The summed E-state index contributed by atoms with van der Waals surface area (Å²) in [5.41, 5.74) is 1.71. The van der Waals surface area contributed by atoms with Crippen LogP contribution in [0.25, 0.3) is 0 Å². The van der Waals surface area contributed by atoms with Crippen LogP contribution in [0.15, 0.2) is 35.7 Å². The fourth-order valence-corrected chi connectivity index (χ4v) is 3.70. The zero-order valence-corrected chi connectivity index (χ0v) is 14.9. The number of quaternary nitrogens is 1. The van der Waals surface area contributed by atoms with Crippen LogP contribution in [0.1, 0.15) is 5.56 Å². The third-order valence-corrected chi connectivity index (χ3v) is 5.19. The topological polar surface area (TPSA) is 69.8 Å². The van der Waals surface area contributed by atoms with Gasteiger partial charge >= 0.3 is 0 Å². The zero-order chi connectivity index (χ0) is 17.6. The Morgan fingerprint density at radius 1 is 1.32 bits per heavy atom. The molecule has 2 aromatic rings. The third kappa shape index (κ3) is 4.29. The molecule has 0 saturated carbocycles. The molecule has 0 atom stereocenters. The van der Waals surface area contributed by atoms with Gasteiger partial charge in [0.2, 0.25) is 0 Å². The van der Waals surface area contributed by atoms with Crippen LogP contribution in [0, 0.1) is 11.3 Å². The van der Waals surface area contributed by atoms with E-state index in [1.165, 1.54) is 21.9 Å². The Labute approximate surface area is 151 Å². The number of nitriles is 1. The Morgan fingerprint density at radius 3 is 2.68 bits per heavy atom. The molecular formula is C18H21N4O2S+. The Morgan fingerprint density at radius 2 is 2.04 bits per heavy atom. The third-order valence-electron chi connectivity index (χ3n) is 4.36. The highest BCUT2D eigenvalue weighted by Gasteiger charge is 2.23. The molecule has 1 aromatic heterocycles. The van der Waals surface area contributed by atoms with Crippen LogP contribution >= 0.6 is 11.3 Å². The highest BCUT2D eigenvalue weighted by atomic mass is 32.1. The highest BCUT2D eigenvalue weighted by molar-refractivity contribution is 7.14. The standard InChI is InChI=1S/C18H20N4O2S/c1-24-16-4-2-15(3-5-16)22-9-7-21(8-10-22)13-17(23)20-18-14(12-19)6-11-25-18/h2-6,11H,7-10,13H2,1H3,(H,20,23)/p+1. The maximum Gasteiger partial charge on any atom is 0.280 e. The van der Waals surface area contributed by atoms with Crippen LogP contribution in [0.3, 0.4) is 0 Å². The highest BCUT2D eigenvalue weighted by Crippen LogP contribution is 2.22. The molecule has 0 unspecified atom stereocenters. The lowest BCUT2D eigenvalue weighted by molar-refractivity contribution is -0.892. The van der Waals surface area contributed by atoms with Gasteiger partial charge in [0.1, 0.15) is 16.8 Å². The van der Waals surface area contributed by atoms with Crippen molar-refractivity contribution in [1.29, 1.82) is 5.26 Å². The Balaban J connectivity index is 1.49. The van der Waals surface area contributed by atoms with Gasteiger partial charge in [0.15, 0.2) is 6.54 Å². The molecule has 25 heavy (non-hydrogen) atoms. The molecule has 0 spiro atoms. The molecule has 1 amide bonds. The van der Waals surface area contributed by atoms with Crippen molar-refractivity contribution in [1.82, 2.24) is 0 Å². The first-order valence-electron chi connectivity index (χ1n) is 8.19. The first kappa shape index (κ1) is 17.3. The maximum absolute atomic E-state index is 12.2. The summed E-state index contributed by atoms with van der Waals surface area (Å²) in [6, 6.07) is 11.9. The molecule has 1 aliphatic rings. The van der Waals surface area contributed by atoms with Gasteiger partial charge in [-0.2, -0.15) is 5.26 Å². The molecule has 0 radical (unpaired) electrons. The number of anilines is 2. The molecule has 7 heteroatoms. The quantitative estimate of drug-likeness (QED) is 0.837. The van der Waals surface area contributed by atoms with Gasteiger partial charge < -0.3 is 19.9 Å². The molecular weight excluding hydrogens is 336 g/mol. The predicted molar refractivity (Wildman–Crippen MR) is 98.4 cm³/mol. The number of carbonyl (C=O) groups is 1. The molecule has 1 fully saturated rings. The number of piperazine rings is 1. The zero-order valence-electron chi connectivity index (χ0n) is 14.1. The van der Waals surface area contributed by atoms with E-state index in [1.54, 1.807) is 13.2 Å². The summed E-state index contributed by atoms with van der Waals surface area (Å²) in [6.45, 7) is 4.08. The second-order valence-electron chi connectivity index (χ2n) is 5.94. The fraction of sp³-hybridized carbons (Fsp3) is 0.333. The van der Waals surface area contributed by atoms with E-state index >= 15 is 0 Å². The van der Waals surface area contributed by atoms with Crippen LogP contribution < -0.4 is 19.9 Å². The maximum atomic E-state index is 12.2. The summed E-state index contributed by atoms with van der Waals surface area (Å²) >= 11 is 1.38. The van der Waals surface area contributed by atoms with Gasteiger partial charge in [0.25, 0.3) is 5.91 Å². The van der Waals surface area contributed by atoms with Crippen molar-refractivity contribution in [3.05, 3.63) is 41.3 Å². The van der Waals surface area contributed by atoms with Gasteiger partial charge in [0.05, 0.1) is 38.9 Å². The number of thiophene rings is 1. The van der Waals surface area contributed by atoms with E-state index in [-0.39, 0.29) is 5.91 Å². The van der Waals surface area contributed by atoms with E-state index in [1.807, 2.05) is 17.5 Å². The van der Waals surface area contributed by atoms with Crippen molar-refractivity contribution < 1.29 is 14.4 Å². The minimum Gasteiger partial charge on any atom is -0.497 e. The smallest absolute Gasteiger partial charge is 0.280 e. The van der Waals surface area contributed by atoms with Crippen molar-refractivity contribution in [2.24, 2.45) is 0 Å². The molecule has 1 aromatic carbocycles. The number of hydrogen-bond acceptors (Lipinski definition) is 5. The number of rotatable bonds is 5. The van der Waals surface area contributed by atoms with Gasteiger partial charge in [-0.3, -0.25) is 4.79 Å². The monoisotopic (exact) mass is 357 g/mol. The average Bonchev–Trinajstić information content (AvgIpc) is 3.09. The van der Waals surface area contributed by atoms with Crippen molar-refractivity contribution in [3.63, 3.8) is 0 Å². The number of nitrogens with one attached hydrogen (secondary N) is 2. The van der Waals surface area contributed by atoms with Crippen LogP contribution in [-0.2, 0) is 4.79 Å². The number of hydrogen-bond donors (Lipinski definition) is 2. The van der Waals surface area contributed by atoms with E-state index in [0.717, 1.165) is 31.9 Å². The van der Waals surface area contributed by atoms with E-state index in [4.69, 9.17) is 10.00 Å². The van der Waals surface area contributed by atoms with E-state index in [2.05, 4.69) is 28.4 Å².